The van der Waals surface area contributed by atoms with Crippen LogP contribution in [0.15, 0.2) is 28.2 Å². The second kappa shape index (κ2) is 9.63. The lowest BCUT2D eigenvalue weighted by molar-refractivity contribution is 0.272. The number of fused-ring (bicyclic) bond motifs is 1. The summed E-state index contributed by atoms with van der Waals surface area (Å²) in [4.78, 5) is 10.0. The Balaban J connectivity index is 2.02. The summed E-state index contributed by atoms with van der Waals surface area (Å²) in [6.45, 7) is 16.7. The molecule has 0 amide bonds. The van der Waals surface area contributed by atoms with E-state index in [4.69, 9.17) is 24.2 Å². The number of anilines is 1. The molecule has 4 atom stereocenters. The van der Waals surface area contributed by atoms with Crippen molar-refractivity contribution >= 4 is 25.6 Å². The number of aliphatic imine (C=N–C) groups is 2. The van der Waals surface area contributed by atoms with Gasteiger partial charge in [-0.05, 0) is 38.3 Å². The van der Waals surface area contributed by atoms with Crippen molar-refractivity contribution in [1.29, 1.82) is 0 Å². The van der Waals surface area contributed by atoms with Crippen LogP contribution in [0.1, 0.15) is 45.6 Å². The maximum atomic E-state index is 6.03. The van der Waals surface area contributed by atoms with E-state index in [1.807, 2.05) is 13.8 Å². The van der Waals surface area contributed by atoms with E-state index >= 15 is 0 Å². The molecule has 1 N–H and O–H groups in total. The van der Waals surface area contributed by atoms with Gasteiger partial charge in [-0.2, -0.15) is 0 Å². The Morgan fingerprint density at radius 1 is 1.03 bits per heavy atom. The molecule has 0 fully saturated rings. The Hall–Kier alpha value is -2.02. The predicted molar refractivity (Wildman–Crippen MR) is 132 cm³/mol. The molecule has 0 saturated carbocycles. The topological polar surface area (TPSA) is 64.4 Å². The van der Waals surface area contributed by atoms with Crippen LogP contribution in [0, 0.1) is 5.92 Å². The number of methoxy groups -OCH3 is 1. The fourth-order valence-corrected chi connectivity index (χ4v) is 6.78. The second-order valence-corrected chi connectivity index (χ2v) is 15.1. The number of benzene rings is 1. The third-order valence-electron chi connectivity index (χ3n) is 6.08. The van der Waals surface area contributed by atoms with E-state index in [2.05, 4.69) is 57.0 Å². The summed E-state index contributed by atoms with van der Waals surface area (Å²) >= 11 is 0. The largest absolute Gasteiger partial charge is 0.496 e. The lowest BCUT2D eigenvalue weighted by Crippen LogP contribution is -2.46. The van der Waals surface area contributed by atoms with E-state index in [0.717, 1.165) is 24.0 Å². The average Bonchev–Trinajstić information content (AvgIpc) is 3.09. The van der Waals surface area contributed by atoms with Gasteiger partial charge in [-0.15, -0.1) is 0 Å². The van der Waals surface area contributed by atoms with Crippen LogP contribution in [0.2, 0.25) is 19.6 Å². The molecule has 0 saturated heterocycles. The molecule has 2 unspecified atom stereocenters. The monoisotopic (exact) mass is 445 g/mol. The summed E-state index contributed by atoms with van der Waals surface area (Å²) in [5.74, 6) is 2.99. The normalized spacial score (nSPS) is 25.5. The molecule has 7 heteroatoms. The van der Waals surface area contributed by atoms with E-state index in [9.17, 15) is 0 Å². The lowest BCUT2D eigenvalue weighted by Gasteiger charge is -2.34. The van der Waals surface area contributed by atoms with Gasteiger partial charge < -0.3 is 19.5 Å². The Morgan fingerprint density at radius 2 is 1.71 bits per heavy atom. The van der Waals surface area contributed by atoms with Gasteiger partial charge in [0.15, 0.2) is 0 Å². The molecule has 0 aliphatic carbocycles. The Labute approximate surface area is 188 Å². The first-order valence-corrected chi connectivity index (χ1v) is 15.1. The van der Waals surface area contributed by atoms with Crippen molar-refractivity contribution in [2.45, 2.75) is 77.4 Å². The minimum Gasteiger partial charge on any atom is -0.496 e. The third-order valence-corrected chi connectivity index (χ3v) is 8.50. The minimum absolute atomic E-state index is 0.0888. The van der Waals surface area contributed by atoms with Crippen molar-refractivity contribution in [3.05, 3.63) is 23.8 Å². The highest BCUT2D eigenvalue weighted by atomic mass is 28.3. The fourth-order valence-electron chi connectivity index (χ4n) is 4.68. The van der Waals surface area contributed by atoms with Crippen molar-refractivity contribution in [2.75, 3.05) is 25.6 Å². The molecule has 0 aromatic heterocycles. The van der Waals surface area contributed by atoms with Crippen LogP contribution in [0.4, 0.5) is 5.69 Å². The highest BCUT2D eigenvalue weighted by Crippen LogP contribution is 2.47. The molecule has 1 aromatic carbocycles. The van der Waals surface area contributed by atoms with Gasteiger partial charge in [0.05, 0.1) is 28.4 Å². The van der Waals surface area contributed by atoms with Crippen LogP contribution in [-0.4, -0.2) is 57.9 Å². The first-order valence-electron chi connectivity index (χ1n) is 11.6. The van der Waals surface area contributed by atoms with E-state index < -0.39 is 8.07 Å². The molecule has 2 aliphatic heterocycles. The smallest absolute Gasteiger partial charge is 0.210 e. The number of nitrogens with zero attached hydrogens (tertiary/aromatic N) is 2. The molecular formula is C24H39N3O3Si. The minimum atomic E-state index is -1.54. The molecule has 3 rings (SSSR count). The molecule has 0 spiro atoms. The van der Waals surface area contributed by atoms with Crippen molar-refractivity contribution in [2.24, 2.45) is 15.9 Å². The van der Waals surface area contributed by atoms with Gasteiger partial charge in [-0.3, -0.25) is 0 Å². The maximum absolute atomic E-state index is 6.03. The lowest BCUT2D eigenvalue weighted by atomic mass is 9.91. The highest BCUT2D eigenvalue weighted by molar-refractivity contribution is 6.78. The molecular weight excluding hydrogens is 406 g/mol. The van der Waals surface area contributed by atoms with E-state index in [1.165, 1.54) is 11.3 Å². The first-order chi connectivity index (χ1) is 14.7. The van der Waals surface area contributed by atoms with Crippen LogP contribution in [0.5, 0.6) is 5.75 Å². The molecule has 172 valence electrons. The van der Waals surface area contributed by atoms with Gasteiger partial charge in [0.2, 0.25) is 11.8 Å². The second-order valence-electron chi connectivity index (χ2n) is 9.76. The number of hydrogen-bond acceptors (Lipinski definition) is 6. The standard InChI is InChI=1S/C24H39N3O3Si/c1-9-29-22-18(25-23(30-10-2)21(27-22)15(3)4)14-16-20-17(12-11-13-19(20)28-5)26-24(16)31(6,7)8/h11-13,15-16,18,21,24,26H,9-10,14H2,1-8H3/t16?,18-,21+,24?/m1/s1. The van der Waals surface area contributed by atoms with Gasteiger partial charge in [-0.1, -0.05) is 39.6 Å². The summed E-state index contributed by atoms with van der Waals surface area (Å²) in [5.41, 5.74) is 2.82. The zero-order valence-corrected chi connectivity index (χ0v) is 21.4. The summed E-state index contributed by atoms with van der Waals surface area (Å²) in [5, 5.41) is 3.82. The van der Waals surface area contributed by atoms with Gasteiger partial charge >= 0.3 is 0 Å². The van der Waals surface area contributed by atoms with Crippen LogP contribution < -0.4 is 10.1 Å². The zero-order chi connectivity index (χ0) is 22.8. The van der Waals surface area contributed by atoms with Crippen LogP contribution in [0.3, 0.4) is 0 Å². The third kappa shape index (κ3) is 4.91. The summed E-state index contributed by atoms with van der Waals surface area (Å²) in [7, 11) is 0.214. The number of ether oxygens (including phenoxy) is 3. The molecule has 1 aromatic rings. The molecule has 31 heavy (non-hydrogen) atoms. The fraction of sp³-hybridized carbons (Fsp3) is 0.667. The Morgan fingerprint density at radius 3 is 2.29 bits per heavy atom. The summed E-state index contributed by atoms with van der Waals surface area (Å²) in [6.07, 6.45) is 0.815. The zero-order valence-electron chi connectivity index (χ0n) is 20.4. The Bertz CT molecular complexity index is 832. The number of rotatable bonds is 7. The molecule has 2 heterocycles. The quantitative estimate of drug-likeness (QED) is 0.592. The van der Waals surface area contributed by atoms with E-state index in [-0.39, 0.29) is 18.0 Å². The predicted octanol–water partition coefficient (Wildman–Crippen LogP) is 5.12. The SMILES string of the molecule is CCOC1=N[C@H](CC2c3c(cccc3OC)NC2[Si](C)(C)C)C(OCC)=N[C@H]1C(C)C. The molecule has 2 aliphatic rings. The van der Waals surface area contributed by atoms with E-state index in [0.29, 0.717) is 24.8 Å². The van der Waals surface area contributed by atoms with Crippen molar-refractivity contribution in [1.82, 2.24) is 0 Å². The summed E-state index contributed by atoms with van der Waals surface area (Å²) in [6, 6.07) is 6.03. The average molecular weight is 446 g/mol. The van der Waals surface area contributed by atoms with Crippen molar-refractivity contribution < 1.29 is 14.2 Å². The molecule has 0 radical (unpaired) electrons. The van der Waals surface area contributed by atoms with Crippen LogP contribution in [-0.2, 0) is 9.47 Å². The van der Waals surface area contributed by atoms with Crippen LogP contribution in [0.25, 0.3) is 0 Å². The summed E-state index contributed by atoms with van der Waals surface area (Å²) < 4.78 is 17.7. The molecule has 6 nitrogen and oxygen atoms in total. The van der Waals surface area contributed by atoms with E-state index in [1.54, 1.807) is 7.11 Å². The van der Waals surface area contributed by atoms with Gasteiger partial charge in [0.25, 0.3) is 0 Å². The number of hydrogen-bond donors (Lipinski definition) is 1. The molecule has 0 bridgehead atoms. The highest BCUT2D eigenvalue weighted by Gasteiger charge is 2.44. The first kappa shape index (κ1) is 23.6. The van der Waals surface area contributed by atoms with Crippen molar-refractivity contribution in [3.8, 4) is 5.75 Å². The van der Waals surface area contributed by atoms with Gasteiger partial charge in [0, 0.05) is 22.8 Å². The van der Waals surface area contributed by atoms with Gasteiger partial charge in [-0.25, -0.2) is 9.98 Å². The Kier molecular flexibility index (Phi) is 7.34. The van der Waals surface area contributed by atoms with Crippen molar-refractivity contribution in [3.63, 3.8) is 0 Å². The number of nitrogens with one attached hydrogen (secondary N) is 1. The van der Waals surface area contributed by atoms with Crippen LogP contribution >= 0.6 is 0 Å². The van der Waals surface area contributed by atoms with Gasteiger partial charge in [0.1, 0.15) is 17.8 Å². The maximum Gasteiger partial charge on any atom is 0.210 e.